The first-order chi connectivity index (χ1) is 17.4. The van der Waals surface area contributed by atoms with E-state index in [4.69, 9.17) is 37.3 Å². The third-order valence-corrected chi connectivity index (χ3v) is 7.41. The first-order valence-corrected chi connectivity index (χ1v) is 13.4. The lowest BCUT2D eigenvalue weighted by Gasteiger charge is -2.24. The number of aromatic amines is 1. The second-order valence-corrected chi connectivity index (χ2v) is 10.8. The summed E-state index contributed by atoms with van der Waals surface area (Å²) in [5.41, 5.74) is -0.0383. The highest BCUT2D eigenvalue weighted by molar-refractivity contribution is 7.71. The van der Waals surface area contributed by atoms with Gasteiger partial charge in [0.1, 0.15) is 22.5 Å². The number of esters is 1. The molecule has 2 heterocycles. The van der Waals surface area contributed by atoms with Crippen molar-refractivity contribution in [3.63, 3.8) is 0 Å². The van der Waals surface area contributed by atoms with Crippen molar-refractivity contribution in [2.75, 3.05) is 6.61 Å². The van der Waals surface area contributed by atoms with E-state index in [1.807, 2.05) is 0 Å². The molecule has 1 unspecified atom stereocenters. The second kappa shape index (κ2) is 12.1. The van der Waals surface area contributed by atoms with Crippen LogP contribution in [0.4, 0.5) is 0 Å². The average molecular weight is 553 g/mol. The molecule has 0 amide bonds. The molecule has 3 N–H and O–H groups in total. The summed E-state index contributed by atoms with van der Waals surface area (Å²) in [7, 11) is -4.23. The van der Waals surface area contributed by atoms with Gasteiger partial charge in [-0.15, -0.1) is 0 Å². The molecule has 0 aliphatic carbocycles. The van der Waals surface area contributed by atoms with Gasteiger partial charge < -0.3 is 23.9 Å². The van der Waals surface area contributed by atoms with Gasteiger partial charge in [0.2, 0.25) is 6.23 Å². The molecule has 1 saturated heterocycles. The number of hydrogen-bond acceptors (Lipinski definition) is 9. The number of nitrogens with zero attached hydrogens (tertiary/aromatic N) is 2. The van der Waals surface area contributed by atoms with Gasteiger partial charge in [-0.2, -0.15) is 5.09 Å². The lowest BCUT2D eigenvalue weighted by Crippen LogP contribution is -2.37. The summed E-state index contributed by atoms with van der Waals surface area (Å²) in [5, 5.41) is 13.3. The summed E-state index contributed by atoms with van der Waals surface area (Å²) >= 11 is 5.07. The zero-order valence-electron chi connectivity index (χ0n) is 20.7. The molecule has 0 spiro atoms. The minimum absolute atomic E-state index is 0.203. The van der Waals surface area contributed by atoms with Crippen molar-refractivity contribution in [2.45, 2.75) is 64.3 Å². The molecule has 1 aromatic carbocycles. The van der Waals surface area contributed by atoms with Crippen molar-refractivity contribution in [1.29, 1.82) is 0 Å². The summed E-state index contributed by atoms with van der Waals surface area (Å²) in [6, 6.07) is 5.94. The summed E-state index contributed by atoms with van der Waals surface area (Å²) in [6.07, 6.45) is -2.64. The molecule has 200 valence electrons. The van der Waals surface area contributed by atoms with Gasteiger partial charge in [0.05, 0.1) is 12.7 Å². The van der Waals surface area contributed by atoms with E-state index in [-0.39, 0.29) is 10.4 Å². The molecule has 1 aromatic heterocycles. The normalized spacial score (nSPS) is 23.7. The average Bonchev–Trinajstić information content (AvgIpc) is 3.15. The van der Waals surface area contributed by atoms with Crippen molar-refractivity contribution < 1.29 is 33.0 Å². The van der Waals surface area contributed by atoms with Crippen LogP contribution in [0.15, 0.2) is 41.3 Å². The SMILES string of the molecule is [C-]#[N+][C@@H]1C(O)[C@H](CO[P@](=O)(N[C@@H](C)C(=O)OC(C)C)Oc2ccccc2)O[C@@H]1n1cc(C)c(=S)[nH]c1=O. The Morgan fingerprint density at radius 2 is 2.03 bits per heavy atom. The first-order valence-electron chi connectivity index (χ1n) is 11.4. The summed E-state index contributed by atoms with van der Waals surface area (Å²) in [5.74, 6) is -0.467. The minimum atomic E-state index is -4.23. The van der Waals surface area contributed by atoms with Crippen LogP contribution < -0.4 is 15.3 Å². The third-order valence-electron chi connectivity index (χ3n) is 5.34. The molecule has 12 nitrogen and oxygen atoms in total. The number of aryl methyl sites for hydroxylation is 1. The van der Waals surface area contributed by atoms with Crippen LogP contribution in [0.5, 0.6) is 5.75 Å². The maximum absolute atomic E-state index is 13.7. The maximum Gasteiger partial charge on any atom is 0.459 e. The van der Waals surface area contributed by atoms with E-state index in [9.17, 15) is 19.3 Å². The van der Waals surface area contributed by atoms with Crippen LogP contribution in [0.25, 0.3) is 4.85 Å². The van der Waals surface area contributed by atoms with Crippen LogP contribution >= 0.6 is 20.0 Å². The highest BCUT2D eigenvalue weighted by Crippen LogP contribution is 2.46. The number of para-hydroxylation sites is 1. The maximum atomic E-state index is 13.7. The Bertz CT molecular complexity index is 1310. The van der Waals surface area contributed by atoms with Gasteiger partial charge in [-0.3, -0.25) is 18.9 Å². The molecule has 14 heteroatoms. The number of ether oxygens (including phenoxy) is 2. The monoisotopic (exact) mass is 552 g/mol. The molecule has 3 rings (SSSR count). The fourth-order valence-corrected chi connectivity index (χ4v) is 5.16. The predicted molar refractivity (Wildman–Crippen MR) is 135 cm³/mol. The fourth-order valence-electron chi connectivity index (χ4n) is 3.52. The molecule has 0 radical (unpaired) electrons. The van der Waals surface area contributed by atoms with E-state index in [2.05, 4.69) is 14.9 Å². The Kier molecular flexibility index (Phi) is 9.41. The highest BCUT2D eigenvalue weighted by atomic mass is 32.1. The Morgan fingerprint density at radius 3 is 2.65 bits per heavy atom. The fraction of sp³-hybridized carbons (Fsp3) is 0.478. The lowest BCUT2D eigenvalue weighted by atomic mass is 10.1. The number of rotatable bonds is 10. The Morgan fingerprint density at radius 1 is 1.35 bits per heavy atom. The number of H-pyrrole nitrogens is 1. The number of aliphatic hydroxyl groups is 1. The number of hydrogen-bond donors (Lipinski definition) is 3. The van der Waals surface area contributed by atoms with Gasteiger partial charge in [-0.05, 0) is 39.8 Å². The number of aromatic nitrogens is 2. The largest absolute Gasteiger partial charge is 0.462 e. The predicted octanol–water partition coefficient (Wildman–Crippen LogP) is 2.89. The lowest BCUT2D eigenvalue weighted by molar-refractivity contribution is -0.149. The van der Waals surface area contributed by atoms with Crippen molar-refractivity contribution >= 4 is 25.9 Å². The van der Waals surface area contributed by atoms with E-state index in [1.165, 1.54) is 13.1 Å². The summed E-state index contributed by atoms with van der Waals surface area (Å²) in [6.45, 7) is 13.5. The van der Waals surface area contributed by atoms with Crippen molar-refractivity contribution in [3.8, 4) is 5.75 Å². The van der Waals surface area contributed by atoms with Crippen molar-refractivity contribution in [1.82, 2.24) is 14.6 Å². The van der Waals surface area contributed by atoms with Crippen LogP contribution in [-0.4, -0.2) is 57.6 Å². The van der Waals surface area contributed by atoms with Gasteiger partial charge in [0.25, 0.3) is 6.04 Å². The van der Waals surface area contributed by atoms with Crippen LogP contribution in [-0.2, 0) is 23.4 Å². The van der Waals surface area contributed by atoms with E-state index >= 15 is 0 Å². The van der Waals surface area contributed by atoms with Crippen LogP contribution in [0, 0.1) is 18.1 Å². The van der Waals surface area contributed by atoms with Gasteiger partial charge in [-0.25, -0.2) is 15.9 Å². The Labute approximate surface area is 218 Å². The molecular weight excluding hydrogens is 523 g/mol. The topological polar surface area (TPSA) is 145 Å². The Hall–Kier alpha value is -2.85. The van der Waals surface area contributed by atoms with Crippen LogP contribution in [0.3, 0.4) is 0 Å². The van der Waals surface area contributed by atoms with E-state index < -0.39 is 62.6 Å². The zero-order chi connectivity index (χ0) is 27.3. The van der Waals surface area contributed by atoms with E-state index in [0.717, 1.165) is 4.57 Å². The van der Waals surface area contributed by atoms with E-state index in [1.54, 1.807) is 51.1 Å². The van der Waals surface area contributed by atoms with Gasteiger partial charge in [0.15, 0.2) is 6.10 Å². The molecule has 0 bridgehead atoms. The number of nitrogens with one attached hydrogen (secondary N) is 2. The molecular formula is C23H29N4O8PS. The third kappa shape index (κ3) is 7.13. The molecule has 6 atom stereocenters. The number of carbonyl (C=O) groups is 1. The number of carbonyl (C=O) groups excluding carboxylic acids is 1. The molecule has 0 saturated carbocycles. The van der Waals surface area contributed by atoms with Gasteiger partial charge in [-0.1, -0.05) is 30.4 Å². The summed E-state index contributed by atoms with van der Waals surface area (Å²) < 4.78 is 37.2. The summed E-state index contributed by atoms with van der Waals surface area (Å²) in [4.78, 5) is 30.7. The molecule has 1 aliphatic rings. The molecule has 1 aliphatic heterocycles. The van der Waals surface area contributed by atoms with Gasteiger partial charge >= 0.3 is 19.4 Å². The standard InChI is InChI=1S/C23H29N4O8PS/c1-13(2)33-22(29)15(4)26-36(31,35-16-9-7-6-8-10-16)32-12-17-19(28)18(24-5)21(34-17)27-11-14(3)20(37)25-23(27)30/h6-11,13,15,17-19,21,28H,12H2,1-4H3,(H,26,31)(H,25,30,37)/t15-,17-,18+,19?,21-,36+/m0/s1. The second-order valence-electron chi connectivity index (χ2n) is 8.69. The van der Waals surface area contributed by atoms with Crippen molar-refractivity contribution in [3.05, 3.63) is 68.6 Å². The highest BCUT2D eigenvalue weighted by Gasteiger charge is 2.51. The zero-order valence-corrected chi connectivity index (χ0v) is 22.4. The number of benzene rings is 1. The van der Waals surface area contributed by atoms with Crippen LogP contribution in [0.2, 0.25) is 0 Å². The first kappa shape index (κ1) is 28.7. The van der Waals surface area contributed by atoms with Crippen LogP contribution in [0.1, 0.15) is 32.6 Å². The van der Waals surface area contributed by atoms with E-state index in [0.29, 0.717) is 5.56 Å². The number of aliphatic hydroxyl groups excluding tert-OH is 1. The molecule has 1 fully saturated rings. The van der Waals surface area contributed by atoms with Gasteiger partial charge in [0, 0.05) is 11.8 Å². The molecule has 37 heavy (non-hydrogen) atoms. The minimum Gasteiger partial charge on any atom is -0.462 e. The van der Waals surface area contributed by atoms with Crippen molar-refractivity contribution in [2.24, 2.45) is 0 Å². The smallest absolute Gasteiger partial charge is 0.459 e. The quantitative estimate of drug-likeness (QED) is 0.174. The Balaban J connectivity index is 1.81. The molecule has 2 aromatic rings.